The quantitative estimate of drug-likeness (QED) is 0.644. The Morgan fingerprint density at radius 2 is 2.33 bits per heavy atom. The van der Waals surface area contributed by atoms with Crippen LogP contribution in [0, 0.1) is 0 Å². The third-order valence-electron chi connectivity index (χ3n) is 1.56. The SMILES string of the molecule is O=c1cccnn1CCCCO. The molecule has 1 aromatic rings. The third-order valence-corrected chi connectivity index (χ3v) is 1.56. The molecule has 0 aromatic carbocycles. The first kappa shape index (κ1) is 8.93. The second-order valence-corrected chi connectivity index (χ2v) is 2.52. The van der Waals surface area contributed by atoms with E-state index >= 15 is 0 Å². The zero-order chi connectivity index (χ0) is 8.81. The lowest BCUT2D eigenvalue weighted by molar-refractivity contribution is 0.279. The summed E-state index contributed by atoms with van der Waals surface area (Å²) in [4.78, 5) is 11.1. The van der Waals surface area contributed by atoms with E-state index < -0.39 is 0 Å². The average Bonchev–Trinajstić information content (AvgIpc) is 2.09. The lowest BCUT2D eigenvalue weighted by atomic mass is 10.3. The Hall–Kier alpha value is -1.16. The minimum Gasteiger partial charge on any atom is -0.396 e. The van der Waals surface area contributed by atoms with Crippen LogP contribution in [0.5, 0.6) is 0 Å². The molecule has 12 heavy (non-hydrogen) atoms. The Kier molecular flexibility index (Phi) is 3.47. The van der Waals surface area contributed by atoms with Crippen LogP contribution in [0.4, 0.5) is 0 Å². The van der Waals surface area contributed by atoms with E-state index in [1.807, 2.05) is 0 Å². The maximum Gasteiger partial charge on any atom is 0.266 e. The van der Waals surface area contributed by atoms with Crippen molar-refractivity contribution in [2.45, 2.75) is 19.4 Å². The van der Waals surface area contributed by atoms with Gasteiger partial charge in [-0.15, -0.1) is 0 Å². The highest BCUT2D eigenvalue weighted by Gasteiger charge is 1.93. The molecule has 0 aliphatic carbocycles. The van der Waals surface area contributed by atoms with Gasteiger partial charge < -0.3 is 5.11 Å². The lowest BCUT2D eigenvalue weighted by Gasteiger charge is -2.00. The fraction of sp³-hybridized carbons (Fsp3) is 0.500. The van der Waals surface area contributed by atoms with Crippen molar-refractivity contribution in [1.82, 2.24) is 9.78 Å². The molecule has 1 N–H and O–H groups in total. The molecular weight excluding hydrogens is 156 g/mol. The number of hydrogen-bond donors (Lipinski definition) is 1. The molecule has 4 heteroatoms. The number of rotatable bonds is 4. The number of aromatic nitrogens is 2. The molecule has 66 valence electrons. The van der Waals surface area contributed by atoms with E-state index in [0.29, 0.717) is 13.0 Å². The summed E-state index contributed by atoms with van der Waals surface area (Å²) in [6.45, 7) is 0.752. The molecule has 1 aromatic heterocycles. The van der Waals surface area contributed by atoms with Gasteiger partial charge in [0.1, 0.15) is 0 Å². The zero-order valence-electron chi connectivity index (χ0n) is 6.81. The highest BCUT2D eigenvalue weighted by molar-refractivity contribution is 4.84. The van der Waals surface area contributed by atoms with Crippen LogP contribution in [0.2, 0.25) is 0 Å². The summed E-state index contributed by atoms with van der Waals surface area (Å²) in [5.41, 5.74) is -0.0876. The first-order valence-electron chi connectivity index (χ1n) is 3.97. The molecule has 0 amide bonds. The number of aliphatic hydroxyl groups excluding tert-OH is 1. The third kappa shape index (κ3) is 2.47. The molecule has 0 unspecified atom stereocenters. The van der Waals surface area contributed by atoms with Gasteiger partial charge in [-0.1, -0.05) is 0 Å². The zero-order valence-corrected chi connectivity index (χ0v) is 6.81. The van der Waals surface area contributed by atoms with Gasteiger partial charge in [0.05, 0.1) is 0 Å². The van der Waals surface area contributed by atoms with Crippen LogP contribution in [-0.2, 0) is 6.54 Å². The Morgan fingerprint density at radius 3 is 3.00 bits per heavy atom. The molecule has 0 saturated carbocycles. The maximum atomic E-state index is 11.1. The molecule has 1 heterocycles. The van der Waals surface area contributed by atoms with Gasteiger partial charge in [-0.3, -0.25) is 4.79 Å². The molecule has 0 bridgehead atoms. The Bertz CT molecular complexity index is 282. The number of aryl methyl sites for hydroxylation is 1. The number of nitrogens with zero attached hydrogens (tertiary/aromatic N) is 2. The minimum absolute atomic E-state index is 0.0876. The highest BCUT2D eigenvalue weighted by atomic mass is 16.2. The van der Waals surface area contributed by atoms with Crippen LogP contribution in [0.1, 0.15) is 12.8 Å². The van der Waals surface area contributed by atoms with Crippen LogP contribution in [0.3, 0.4) is 0 Å². The van der Waals surface area contributed by atoms with Crippen molar-refractivity contribution in [1.29, 1.82) is 0 Å². The second-order valence-electron chi connectivity index (χ2n) is 2.52. The molecule has 0 saturated heterocycles. The fourth-order valence-corrected chi connectivity index (χ4v) is 0.929. The Morgan fingerprint density at radius 1 is 1.50 bits per heavy atom. The molecule has 4 nitrogen and oxygen atoms in total. The molecule has 0 fully saturated rings. The van der Waals surface area contributed by atoms with Crippen molar-refractivity contribution in [3.05, 3.63) is 28.7 Å². The fourth-order valence-electron chi connectivity index (χ4n) is 0.929. The van der Waals surface area contributed by atoms with E-state index in [0.717, 1.165) is 6.42 Å². The normalized spacial score (nSPS) is 10.1. The van der Waals surface area contributed by atoms with Gasteiger partial charge in [-0.05, 0) is 18.9 Å². The first-order valence-corrected chi connectivity index (χ1v) is 3.97. The highest BCUT2D eigenvalue weighted by Crippen LogP contribution is 1.88. The van der Waals surface area contributed by atoms with Crippen LogP contribution >= 0.6 is 0 Å². The molecular formula is C8H12N2O2. The van der Waals surface area contributed by atoms with Gasteiger partial charge in [0.25, 0.3) is 5.56 Å². The molecule has 1 rings (SSSR count). The maximum absolute atomic E-state index is 11.1. The van der Waals surface area contributed by atoms with Gasteiger partial charge in [0.15, 0.2) is 0 Å². The molecule has 0 atom stereocenters. The average molecular weight is 168 g/mol. The largest absolute Gasteiger partial charge is 0.396 e. The van der Waals surface area contributed by atoms with Crippen molar-refractivity contribution in [3.63, 3.8) is 0 Å². The van der Waals surface area contributed by atoms with Crippen LogP contribution < -0.4 is 5.56 Å². The van der Waals surface area contributed by atoms with Gasteiger partial charge in [0, 0.05) is 25.4 Å². The minimum atomic E-state index is -0.0876. The first-order chi connectivity index (χ1) is 5.84. The van der Waals surface area contributed by atoms with E-state index in [-0.39, 0.29) is 12.2 Å². The second kappa shape index (κ2) is 4.66. The topological polar surface area (TPSA) is 55.1 Å². The van der Waals surface area contributed by atoms with E-state index in [4.69, 9.17) is 5.11 Å². The van der Waals surface area contributed by atoms with Crippen LogP contribution in [-0.4, -0.2) is 21.5 Å². The van der Waals surface area contributed by atoms with Gasteiger partial charge in [-0.25, -0.2) is 4.68 Å². The Balaban J connectivity index is 2.52. The summed E-state index contributed by atoms with van der Waals surface area (Å²) in [7, 11) is 0. The van der Waals surface area contributed by atoms with Gasteiger partial charge >= 0.3 is 0 Å². The van der Waals surface area contributed by atoms with E-state index in [1.54, 1.807) is 12.3 Å². The predicted molar refractivity (Wildman–Crippen MR) is 44.8 cm³/mol. The smallest absolute Gasteiger partial charge is 0.266 e. The van der Waals surface area contributed by atoms with Crippen molar-refractivity contribution in [3.8, 4) is 0 Å². The van der Waals surface area contributed by atoms with Crippen molar-refractivity contribution in [2.75, 3.05) is 6.61 Å². The monoisotopic (exact) mass is 168 g/mol. The summed E-state index contributed by atoms with van der Waals surface area (Å²) < 4.78 is 1.40. The summed E-state index contributed by atoms with van der Waals surface area (Å²) in [6.07, 6.45) is 3.08. The van der Waals surface area contributed by atoms with Gasteiger partial charge in [-0.2, -0.15) is 5.10 Å². The molecule has 0 spiro atoms. The number of unbranched alkanes of at least 4 members (excludes halogenated alkanes) is 1. The number of hydrogen-bond acceptors (Lipinski definition) is 3. The van der Waals surface area contributed by atoms with E-state index in [1.165, 1.54) is 10.7 Å². The van der Waals surface area contributed by atoms with Crippen molar-refractivity contribution in [2.24, 2.45) is 0 Å². The molecule has 0 radical (unpaired) electrons. The molecule has 0 aliphatic rings. The molecule has 0 aliphatic heterocycles. The lowest BCUT2D eigenvalue weighted by Crippen LogP contribution is -2.21. The summed E-state index contributed by atoms with van der Waals surface area (Å²) in [5, 5.41) is 12.4. The van der Waals surface area contributed by atoms with Crippen molar-refractivity contribution >= 4 is 0 Å². The van der Waals surface area contributed by atoms with Gasteiger partial charge in [0.2, 0.25) is 0 Å². The van der Waals surface area contributed by atoms with E-state index in [9.17, 15) is 4.79 Å². The summed E-state index contributed by atoms with van der Waals surface area (Å²) >= 11 is 0. The summed E-state index contributed by atoms with van der Waals surface area (Å²) in [5.74, 6) is 0. The number of aliphatic hydroxyl groups is 1. The summed E-state index contributed by atoms with van der Waals surface area (Å²) in [6, 6.07) is 3.09. The van der Waals surface area contributed by atoms with Crippen LogP contribution in [0.25, 0.3) is 0 Å². The predicted octanol–water partition coefficient (Wildman–Crippen LogP) is 0.0158. The van der Waals surface area contributed by atoms with Crippen molar-refractivity contribution < 1.29 is 5.11 Å². The van der Waals surface area contributed by atoms with Crippen LogP contribution in [0.15, 0.2) is 23.1 Å². The van der Waals surface area contributed by atoms with E-state index in [2.05, 4.69) is 5.10 Å². The standard InChI is InChI=1S/C8H12N2O2/c11-7-2-1-6-10-8(12)4-3-5-9-10/h3-5,11H,1-2,6-7H2. The Labute approximate surface area is 70.5 Å².